The molecule has 7 rings (SSSR count). The molecule has 4 aromatic carbocycles. The van der Waals surface area contributed by atoms with Crippen LogP contribution in [0.4, 0.5) is 0 Å². The number of rotatable bonds is 6. The molecule has 0 radical (unpaired) electrons. The summed E-state index contributed by atoms with van der Waals surface area (Å²) in [6.07, 6.45) is 0. The lowest BCUT2D eigenvalue weighted by atomic mass is 9.82. The van der Waals surface area contributed by atoms with Crippen LogP contribution in [-0.2, 0) is 28.6 Å². The predicted octanol–water partition coefficient (Wildman–Crippen LogP) is 7.29. The van der Waals surface area contributed by atoms with Crippen molar-refractivity contribution in [2.45, 2.75) is 20.8 Å². The molecule has 0 amide bonds. The van der Waals surface area contributed by atoms with Gasteiger partial charge in [-0.15, -0.1) is 0 Å². The van der Waals surface area contributed by atoms with Crippen molar-refractivity contribution in [2.24, 2.45) is 0 Å². The Kier molecular flexibility index (Phi) is 8.15. The van der Waals surface area contributed by atoms with Crippen molar-refractivity contribution < 1.29 is 28.6 Å². The third kappa shape index (κ3) is 4.62. The summed E-state index contributed by atoms with van der Waals surface area (Å²) < 4.78 is 16.2. The van der Waals surface area contributed by atoms with Crippen LogP contribution in [0, 0.1) is 34.0 Å². The summed E-state index contributed by atoms with van der Waals surface area (Å²) in [5.41, 5.74) is 7.05. The maximum atomic E-state index is 13.6. The van der Waals surface area contributed by atoms with Gasteiger partial charge in [-0.1, -0.05) is 72.8 Å². The van der Waals surface area contributed by atoms with Crippen LogP contribution in [-0.4, -0.2) is 37.7 Å². The fourth-order valence-electron chi connectivity index (χ4n) is 7.47. The topological polar surface area (TPSA) is 150 Å². The smallest absolute Gasteiger partial charge is 0.349 e. The minimum Gasteiger partial charge on any atom is -0.462 e. The standard InChI is InChI=1S/C42H27N3O6/c1-4-49-40(46)28(19-43)31-22-13-7-10-16-25(22)34-37(31)35-26-17-11-8-14-23(26)32(29(20-44)41(47)50-5-2)39(35)36-27-18-12-9-15-24(27)33(38(34)36)30(21-45)42(48)51-6-3/h7-18H,4-6H2,1-3H3/b31-28-,32-29-,33-30-. The molecule has 9 nitrogen and oxygen atoms in total. The lowest BCUT2D eigenvalue weighted by Gasteiger charge is -2.19. The highest BCUT2D eigenvalue weighted by molar-refractivity contribution is 6.28. The van der Waals surface area contributed by atoms with Crippen LogP contribution < -0.4 is 0 Å². The molecule has 4 aromatic rings. The largest absolute Gasteiger partial charge is 0.462 e. The van der Waals surface area contributed by atoms with Crippen LogP contribution >= 0.6 is 0 Å². The number of nitrogens with zero attached hydrogens (tertiary/aromatic N) is 3. The third-order valence-electron chi connectivity index (χ3n) is 9.17. The van der Waals surface area contributed by atoms with Crippen LogP contribution in [0.25, 0.3) is 50.1 Å². The molecule has 0 fully saturated rings. The van der Waals surface area contributed by atoms with Gasteiger partial charge in [0.2, 0.25) is 0 Å². The van der Waals surface area contributed by atoms with E-state index in [0.29, 0.717) is 83.5 Å². The molecule has 0 spiro atoms. The van der Waals surface area contributed by atoms with Gasteiger partial charge in [-0.2, -0.15) is 15.8 Å². The second kappa shape index (κ2) is 12.8. The molecule has 0 N–H and O–H groups in total. The van der Waals surface area contributed by atoms with Crippen LogP contribution in [0.1, 0.15) is 54.2 Å². The molecule has 0 atom stereocenters. The lowest BCUT2D eigenvalue weighted by molar-refractivity contribution is -0.138. The maximum absolute atomic E-state index is 13.6. The molecule has 3 aliphatic rings. The second-order valence-electron chi connectivity index (χ2n) is 11.6. The van der Waals surface area contributed by atoms with E-state index in [1.54, 1.807) is 57.2 Å². The normalized spacial score (nSPS) is 15.3. The Morgan fingerprint density at radius 2 is 0.667 bits per heavy atom. The number of hydrogen-bond donors (Lipinski definition) is 0. The average Bonchev–Trinajstić information content (AvgIpc) is 3.77. The van der Waals surface area contributed by atoms with Gasteiger partial charge in [0.25, 0.3) is 0 Å². The quantitative estimate of drug-likeness (QED) is 0.0769. The zero-order valence-electron chi connectivity index (χ0n) is 27.8. The summed E-state index contributed by atoms with van der Waals surface area (Å²) in [6, 6.07) is 28.2. The first kappa shape index (κ1) is 32.5. The first-order chi connectivity index (χ1) is 24.9. The maximum Gasteiger partial charge on any atom is 0.349 e. The molecule has 0 aromatic heterocycles. The number of hydrogen-bond acceptors (Lipinski definition) is 9. The van der Waals surface area contributed by atoms with Crippen LogP contribution in [0.15, 0.2) is 89.5 Å². The average molecular weight is 670 g/mol. The van der Waals surface area contributed by atoms with E-state index in [9.17, 15) is 30.2 Å². The van der Waals surface area contributed by atoms with Gasteiger partial charge in [0.1, 0.15) is 34.9 Å². The van der Waals surface area contributed by atoms with Crippen LogP contribution in [0.2, 0.25) is 0 Å². The van der Waals surface area contributed by atoms with Crippen LogP contribution in [0.5, 0.6) is 0 Å². The van der Waals surface area contributed by atoms with Crippen LogP contribution in [0.3, 0.4) is 0 Å². The number of benzene rings is 4. The summed E-state index contributed by atoms with van der Waals surface area (Å²) in [7, 11) is 0. The fraction of sp³-hybridized carbons (Fsp3) is 0.143. The fourth-order valence-corrected chi connectivity index (χ4v) is 7.47. The number of fused-ring (bicyclic) bond motifs is 12. The summed E-state index contributed by atoms with van der Waals surface area (Å²) in [5.74, 6) is -2.45. The molecular weight excluding hydrogens is 642 g/mol. The number of nitriles is 3. The van der Waals surface area contributed by atoms with Gasteiger partial charge in [-0.25, -0.2) is 14.4 Å². The van der Waals surface area contributed by atoms with Gasteiger partial charge >= 0.3 is 17.9 Å². The highest BCUT2D eigenvalue weighted by atomic mass is 16.5. The summed E-state index contributed by atoms with van der Waals surface area (Å²) in [5, 5.41) is 31.8. The highest BCUT2D eigenvalue weighted by Crippen LogP contribution is 2.64. The molecule has 0 bridgehead atoms. The molecule has 0 saturated carbocycles. The molecule has 0 unspecified atom stereocenters. The van der Waals surface area contributed by atoms with E-state index in [1.807, 2.05) is 36.4 Å². The molecule has 9 heteroatoms. The lowest BCUT2D eigenvalue weighted by Crippen LogP contribution is -2.10. The zero-order valence-corrected chi connectivity index (χ0v) is 27.8. The Hall–Kier alpha value is -7.02. The first-order valence-corrected chi connectivity index (χ1v) is 16.4. The minimum atomic E-state index is -0.818. The van der Waals surface area contributed by atoms with Crippen molar-refractivity contribution in [2.75, 3.05) is 19.8 Å². The molecule has 51 heavy (non-hydrogen) atoms. The van der Waals surface area contributed by atoms with Gasteiger partial charge < -0.3 is 14.2 Å². The van der Waals surface area contributed by atoms with Crippen molar-refractivity contribution in [3.05, 3.63) is 123 Å². The Labute approximate surface area is 293 Å². The molecule has 0 aliphatic heterocycles. The number of carbonyl (C=O) groups excluding carboxylic acids is 3. The Morgan fingerprint density at radius 1 is 0.431 bits per heavy atom. The van der Waals surface area contributed by atoms with Gasteiger partial charge in [-0.05, 0) is 70.8 Å². The van der Waals surface area contributed by atoms with E-state index in [1.165, 1.54) is 0 Å². The monoisotopic (exact) mass is 669 g/mol. The SMILES string of the molecule is CCOC(=O)/C(C#N)=C1/c2ccccc2-c2c1c1c(c3c2/C(=C(/C#N)C(=O)OCC)c2ccccc2-3)/C(=C(/C#N)C(=O)OCC)c2ccccc2-1. The van der Waals surface area contributed by atoms with E-state index in [4.69, 9.17) is 14.2 Å². The number of esters is 3. The summed E-state index contributed by atoms with van der Waals surface area (Å²) >= 11 is 0. The zero-order chi connectivity index (χ0) is 36.0. The van der Waals surface area contributed by atoms with Crippen molar-refractivity contribution in [3.63, 3.8) is 0 Å². The van der Waals surface area contributed by atoms with Gasteiger partial charge in [-0.3, -0.25) is 0 Å². The second-order valence-corrected chi connectivity index (χ2v) is 11.6. The van der Waals surface area contributed by atoms with E-state index < -0.39 is 17.9 Å². The predicted molar refractivity (Wildman–Crippen MR) is 188 cm³/mol. The van der Waals surface area contributed by atoms with Crippen molar-refractivity contribution in [1.82, 2.24) is 0 Å². The van der Waals surface area contributed by atoms with Gasteiger partial charge in [0.05, 0.1) is 19.8 Å². The molecule has 0 heterocycles. The van der Waals surface area contributed by atoms with Crippen molar-refractivity contribution in [1.29, 1.82) is 15.8 Å². The highest BCUT2D eigenvalue weighted by Gasteiger charge is 2.46. The Bertz CT molecular complexity index is 2200. The van der Waals surface area contributed by atoms with E-state index in [2.05, 4.69) is 18.2 Å². The molecular formula is C42H27N3O6. The Balaban J connectivity index is 1.83. The Morgan fingerprint density at radius 3 is 0.882 bits per heavy atom. The van der Waals surface area contributed by atoms with Gasteiger partial charge in [0, 0.05) is 33.4 Å². The van der Waals surface area contributed by atoms with E-state index in [0.717, 1.165) is 0 Å². The van der Waals surface area contributed by atoms with E-state index in [-0.39, 0.29) is 36.5 Å². The van der Waals surface area contributed by atoms with Crippen molar-refractivity contribution >= 4 is 34.6 Å². The molecule has 0 saturated heterocycles. The third-order valence-corrected chi connectivity index (χ3v) is 9.17. The number of ether oxygens (including phenoxy) is 3. The van der Waals surface area contributed by atoms with Crippen molar-refractivity contribution in [3.8, 4) is 51.6 Å². The minimum absolute atomic E-state index is 0.0299. The van der Waals surface area contributed by atoms with E-state index >= 15 is 0 Å². The first-order valence-electron chi connectivity index (χ1n) is 16.4. The van der Waals surface area contributed by atoms with Gasteiger partial charge in [0.15, 0.2) is 0 Å². The summed E-state index contributed by atoms with van der Waals surface area (Å²) in [4.78, 5) is 40.7. The molecule has 246 valence electrons. The molecule has 3 aliphatic carbocycles. The summed E-state index contributed by atoms with van der Waals surface area (Å²) in [6.45, 7) is 5.04. The number of carbonyl (C=O) groups is 3.